The fourth-order valence-electron chi connectivity index (χ4n) is 3.65. The molecule has 2 heteroatoms. The zero-order chi connectivity index (χ0) is 15.0. The third-order valence-electron chi connectivity index (χ3n) is 4.57. The number of aliphatic hydroxyl groups is 1. The van der Waals surface area contributed by atoms with Gasteiger partial charge in [-0.25, -0.2) is 0 Å². The molecule has 1 heterocycles. The van der Waals surface area contributed by atoms with Gasteiger partial charge in [-0.1, -0.05) is 37.3 Å². The lowest BCUT2D eigenvalue weighted by atomic mass is 9.79. The van der Waals surface area contributed by atoms with Gasteiger partial charge < -0.3 is 9.84 Å². The van der Waals surface area contributed by atoms with Crippen molar-refractivity contribution in [1.29, 1.82) is 0 Å². The van der Waals surface area contributed by atoms with Gasteiger partial charge in [0.1, 0.15) is 0 Å². The van der Waals surface area contributed by atoms with E-state index >= 15 is 0 Å². The normalized spacial score (nSPS) is 27.2. The van der Waals surface area contributed by atoms with Crippen LogP contribution in [-0.4, -0.2) is 22.4 Å². The van der Waals surface area contributed by atoms with Crippen LogP contribution in [0.15, 0.2) is 30.3 Å². The fraction of sp³-hybridized carbons (Fsp3) is 0.667. The van der Waals surface area contributed by atoms with E-state index in [1.54, 1.807) is 0 Å². The monoisotopic (exact) mass is 276 g/mol. The molecule has 20 heavy (non-hydrogen) atoms. The SMILES string of the molecule is CC(CC(O)C1CC(C)(C)OC1(C)C)c1ccccc1. The molecule has 3 atom stereocenters. The van der Waals surface area contributed by atoms with Gasteiger partial charge in [0, 0.05) is 5.92 Å². The number of hydrogen-bond acceptors (Lipinski definition) is 2. The van der Waals surface area contributed by atoms with E-state index in [4.69, 9.17) is 4.74 Å². The van der Waals surface area contributed by atoms with Crippen molar-refractivity contribution < 1.29 is 9.84 Å². The summed E-state index contributed by atoms with van der Waals surface area (Å²) >= 11 is 0. The Morgan fingerprint density at radius 1 is 1.20 bits per heavy atom. The first-order chi connectivity index (χ1) is 9.21. The van der Waals surface area contributed by atoms with Gasteiger partial charge in [0.25, 0.3) is 0 Å². The minimum absolute atomic E-state index is 0.134. The van der Waals surface area contributed by atoms with Crippen LogP contribution in [0.2, 0.25) is 0 Å². The molecule has 1 saturated heterocycles. The molecule has 0 spiro atoms. The van der Waals surface area contributed by atoms with Crippen LogP contribution in [0.5, 0.6) is 0 Å². The summed E-state index contributed by atoms with van der Waals surface area (Å²) in [6, 6.07) is 10.4. The minimum Gasteiger partial charge on any atom is -0.393 e. The van der Waals surface area contributed by atoms with Crippen molar-refractivity contribution in [2.45, 2.75) is 70.7 Å². The third kappa shape index (κ3) is 3.42. The molecule has 1 aliphatic heterocycles. The lowest BCUT2D eigenvalue weighted by molar-refractivity contribution is -0.0885. The van der Waals surface area contributed by atoms with Crippen LogP contribution in [0, 0.1) is 5.92 Å². The van der Waals surface area contributed by atoms with Gasteiger partial charge in [-0.2, -0.15) is 0 Å². The van der Waals surface area contributed by atoms with Crippen LogP contribution in [-0.2, 0) is 4.74 Å². The predicted molar refractivity (Wildman–Crippen MR) is 82.8 cm³/mol. The Kier molecular flexibility index (Phi) is 4.27. The number of hydrogen-bond donors (Lipinski definition) is 1. The second-order valence-corrected chi connectivity index (χ2v) is 7.39. The zero-order valence-corrected chi connectivity index (χ0v) is 13.4. The molecule has 1 aromatic carbocycles. The molecule has 0 radical (unpaired) electrons. The average Bonchev–Trinajstić information content (AvgIpc) is 2.58. The lowest BCUT2D eigenvalue weighted by Crippen LogP contribution is -2.36. The van der Waals surface area contributed by atoms with E-state index in [1.165, 1.54) is 5.56 Å². The van der Waals surface area contributed by atoms with E-state index in [2.05, 4.69) is 58.9 Å². The van der Waals surface area contributed by atoms with Gasteiger partial charge in [-0.15, -0.1) is 0 Å². The maximum absolute atomic E-state index is 10.7. The third-order valence-corrected chi connectivity index (χ3v) is 4.57. The molecule has 0 aliphatic carbocycles. The number of rotatable bonds is 4. The minimum atomic E-state index is -0.318. The maximum Gasteiger partial charge on any atom is 0.0687 e. The number of aliphatic hydroxyl groups excluding tert-OH is 1. The lowest BCUT2D eigenvalue weighted by Gasteiger charge is -2.31. The summed E-state index contributed by atoms with van der Waals surface area (Å²) in [7, 11) is 0. The Morgan fingerprint density at radius 3 is 2.30 bits per heavy atom. The summed E-state index contributed by atoms with van der Waals surface area (Å²) in [5.41, 5.74) is 0.910. The Balaban J connectivity index is 2.03. The first kappa shape index (κ1) is 15.5. The first-order valence-electron chi connectivity index (χ1n) is 7.64. The predicted octanol–water partition coefficient (Wildman–Crippen LogP) is 4.13. The number of ether oxygens (including phenoxy) is 1. The second kappa shape index (κ2) is 5.50. The van der Waals surface area contributed by atoms with Crippen LogP contribution in [0.25, 0.3) is 0 Å². The smallest absolute Gasteiger partial charge is 0.0687 e. The van der Waals surface area contributed by atoms with Gasteiger partial charge in [-0.05, 0) is 52.0 Å². The van der Waals surface area contributed by atoms with Crippen molar-refractivity contribution in [3.8, 4) is 0 Å². The largest absolute Gasteiger partial charge is 0.393 e. The van der Waals surface area contributed by atoms with Crippen LogP contribution in [0.3, 0.4) is 0 Å². The van der Waals surface area contributed by atoms with E-state index in [0.717, 1.165) is 12.8 Å². The molecular weight excluding hydrogens is 248 g/mol. The van der Waals surface area contributed by atoms with Crippen molar-refractivity contribution in [2.24, 2.45) is 5.92 Å². The van der Waals surface area contributed by atoms with Gasteiger partial charge >= 0.3 is 0 Å². The molecule has 112 valence electrons. The fourth-order valence-corrected chi connectivity index (χ4v) is 3.65. The van der Waals surface area contributed by atoms with Gasteiger partial charge in [-0.3, -0.25) is 0 Å². The van der Waals surface area contributed by atoms with Crippen molar-refractivity contribution in [3.05, 3.63) is 35.9 Å². The highest BCUT2D eigenvalue weighted by atomic mass is 16.5. The van der Waals surface area contributed by atoms with Crippen LogP contribution in [0.4, 0.5) is 0 Å². The van der Waals surface area contributed by atoms with Crippen molar-refractivity contribution >= 4 is 0 Å². The first-order valence-corrected chi connectivity index (χ1v) is 7.64. The standard InChI is InChI=1S/C18H28O2/c1-13(14-9-7-6-8-10-14)11-16(19)15-12-17(2,3)20-18(15,4)5/h6-10,13,15-16,19H,11-12H2,1-5H3. The van der Waals surface area contributed by atoms with Crippen LogP contribution >= 0.6 is 0 Å². The molecule has 3 unspecified atom stereocenters. The quantitative estimate of drug-likeness (QED) is 0.895. The summed E-state index contributed by atoms with van der Waals surface area (Å²) in [5, 5.41) is 10.7. The Hall–Kier alpha value is -0.860. The molecule has 1 aliphatic rings. The van der Waals surface area contributed by atoms with E-state index in [0.29, 0.717) is 5.92 Å². The molecule has 1 fully saturated rings. The molecule has 0 bridgehead atoms. The summed E-state index contributed by atoms with van der Waals surface area (Å²) in [6.07, 6.45) is 1.39. The molecule has 0 amide bonds. The molecule has 1 aromatic rings. The zero-order valence-electron chi connectivity index (χ0n) is 13.4. The van der Waals surface area contributed by atoms with Crippen molar-refractivity contribution in [1.82, 2.24) is 0 Å². The average molecular weight is 276 g/mol. The second-order valence-electron chi connectivity index (χ2n) is 7.39. The molecule has 0 saturated carbocycles. The van der Waals surface area contributed by atoms with Crippen LogP contribution < -0.4 is 0 Å². The van der Waals surface area contributed by atoms with E-state index in [1.807, 2.05) is 6.07 Å². The summed E-state index contributed by atoms with van der Waals surface area (Å²) in [6.45, 7) is 10.6. The molecule has 2 nitrogen and oxygen atoms in total. The summed E-state index contributed by atoms with van der Waals surface area (Å²) in [5.74, 6) is 0.564. The molecular formula is C18H28O2. The van der Waals surface area contributed by atoms with Crippen LogP contribution in [0.1, 0.15) is 58.9 Å². The highest BCUT2D eigenvalue weighted by Crippen LogP contribution is 2.45. The Morgan fingerprint density at radius 2 is 1.80 bits per heavy atom. The van der Waals surface area contributed by atoms with E-state index < -0.39 is 0 Å². The van der Waals surface area contributed by atoms with E-state index in [9.17, 15) is 5.11 Å². The van der Waals surface area contributed by atoms with Gasteiger partial charge in [0.05, 0.1) is 17.3 Å². The Bertz CT molecular complexity index is 436. The molecule has 2 rings (SSSR count). The molecule has 1 N–H and O–H groups in total. The highest BCUT2D eigenvalue weighted by molar-refractivity contribution is 5.19. The van der Waals surface area contributed by atoms with Gasteiger partial charge in [0.2, 0.25) is 0 Å². The van der Waals surface area contributed by atoms with E-state index in [-0.39, 0.29) is 23.2 Å². The molecule has 0 aromatic heterocycles. The highest BCUT2D eigenvalue weighted by Gasteiger charge is 2.48. The Labute approximate surface area is 123 Å². The summed E-state index contributed by atoms with van der Waals surface area (Å²) < 4.78 is 6.10. The topological polar surface area (TPSA) is 29.5 Å². The van der Waals surface area contributed by atoms with Crippen molar-refractivity contribution in [3.63, 3.8) is 0 Å². The van der Waals surface area contributed by atoms with Crippen molar-refractivity contribution in [2.75, 3.05) is 0 Å². The maximum atomic E-state index is 10.7. The summed E-state index contributed by atoms with van der Waals surface area (Å²) in [4.78, 5) is 0. The number of benzene rings is 1. The van der Waals surface area contributed by atoms with Gasteiger partial charge in [0.15, 0.2) is 0 Å².